The lowest BCUT2D eigenvalue weighted by atomic mass is 10.2. The maximum atomic E-state index is 11.9. The Balaban J connectivity index is 2.11. The van der Waals surface area contributed by atoms with Crippen molar-refractivity contribution < 1.29 is 9.90 Å². The smallest absolute Gasteiger partial charge is 0.323 e. The van der Waals surface area contributed by atoms with E-state index in [9.17, 15) is 9.90 Å². The minimum atomic E-state index is -0.403. The van der Waals surface area contributed by atoms with E-state index in [-0.39, 0.29) is 6.61 Å². The molecule has 20 heavy (non-hydrogen) atoms. The SMILES string of the molecule is O=C(Nc1cccc(Br)c1)Nc1cccc(Cl)c1CO. The number of amides is 2. The molecule has 4 nitrogen and oxygen atoms in total. The van der Waals surface area contributed by atoms with Crippen LogP contribution in [0.2, 0.25) is 5.02 Å². The van der Waals surface area contributed by atoms with E-state index in [1.165, 1.54) is 0 Å². The van der Waals surface area contributed by atoms with Crippen molar-refractivity contribution >= 4 is 44.9 Å². The standard InChI is InChI=1S/C14H12BrClN2O2/c15-9-3-1-4-10(7-9)17-14(20)18-13-6-2-5-12(16)11(13)8-19/h1-7,19H,8H2,(H2,17,18,20). The molecule has 2 aromatic rings. The molecule has 0 aliphatic heterocycles. The van der Waals surface area contributed by atoms with Crippen molar-refractivity contribution in [2.24, 2.45) is 0 Å². The third-order valence-corrected chi connectivity index (χ3v) is 3.46. The second-order valence-electron chi connectivity index (χ2n) is 4.01. The van der Waals surface area contributed by atoms with Gasteiger partial charge < -0.3 is 15.7 Å². The second-order valence-corrected chi connectivity index (χ2v) is 5.34. The fourth-order valence-electron chi connectivity index (χ4n) is 1.69. The third kappa shape index (κ3) is 3.72. The molecule has 0 spiro atoms. The number of hydrogen-bond donors (Lipinski definition) is 3. The van der Waals surface area contributed by atoms with Gasteiger partial charge in [-0.25, -0.2) is 4.79 Å². The van der Waals surface area contributed by atoms with E-state index in [1.54, 1.807) is 30.3 Å². The maximum absolute atomic E-state index is 11.9. The summed E-state index contributed by atoms with van der Waals surface area (Å²) in [5.74, 6) is 0. The lowest BCUT2D eigenvalue weighted by molar-refractivity contribution is 0.262. The normalized spacial score (nSPS) is 10.2. The number of halogens is 2. The predicted molar refractivity (Wildman–Crippen MR) is 84.2 cm³/mol. The first kappa shape index (κ1) is 14.8. The zero-order valence-electron chi connectivity index (χ0n) is 10.4. The molecule has 0 aliphatic carbocycles. The number of benzene rings is 2. The van der Waals surface area contributed by atoms with Gasteiger partial charge >= 0.3 is 6.03 Å². The first-order chi connectivity index (χ1) is 9.60. The van der Waals surface area contributed by atoms with Crippen LogP contribution >= 0.6 is 27.5 Å². The number of aliphatic hydroxyl groups is 1. The largest absolute Gasteiger partial charge is 0.392 e. The predicted octanol–water partition coefficient (Wildman–Crippen LogP) is 4.24. The lowest BCUT2D eigenvalue weighted by Crippen LogP contribution is -2.20. The fourth-order valence-corrected chi connectivity index (χ4v) is 2.32. The molecule has 104 valence electrons. The quantitative estimate of drug-likeness (QED) is 0.771. The van der Waals surface area contributed by atoms with Gasteiger partial charge in [-0.05, 0) is 30.3 Å². The summed E-state index contributed by atoms with van der Waals surface area (Å²) < 4.78 is 0.870. The Morgan fingerprint density at radius 1 is 1.20 bits per heavy atom. The van der Waals surface area contributed by atoms with Crippen LogP contribution < -0.4 is 10.6 Å². The number of urea groups is 1. The fraction of sp³-hybridized carbons (Fsp3) is 0.0714. The Labute approximate surface area is 129 Å². The van der Waals surface area contributed by atoms with Crippen molar-refractivity contribution in [3.8, 4) is 0 Å². The van der Waals surface area contributed by atoms with Crippen molar-refractivity contribution in [3.63, 3.8) is 0 Å². The molecule has 0 saturated carbocycles. The monoisotopic (exact) mass is 354 g/mol. The molecule has 0 saturated heterocycles. The zero-order valence-corrected chi connectivity index (χ0v) is 12.7. The lowest BCUT2D eigenvalue weighted by Gasteiger charge is -2.12. The number of aliphatic hydroxyl groups excluding tert-OH is 1. The summed E-state index contributed by atoms with van der Waals surface area (Å²) in [6.45, 7) is -0.244. The highest BCUT2D eigenvalue weighted by molar-refractivity contribution is 9.10. The molecule has 0 aromatic heterocycles. The molecular weight excluding hydrogens is 344 g/mol. The molecule has 2 amide bonds. The minimum Gasteiger partial charge on any atom is -0.392 e. The highest BCUT2D eigenvalue weighted by Gasteiger charge is 2.09. The van der Waals surface area contributed by atoms with Crippen LogP contribution in [0.4, 0.5) is 16.2 Å². The molecule has 0 bridgehead atoms. The molecule has 6 heteroatoms. The van der Waals surface area contributed by atoms with Gasteiger partial charge in [0.1, 0.15) is 0 Å². The van der Waals surface area contributed by atoms with E-state index >= 15 is 0 Å². The van der Waals surface area contributed by atoms with Crippen LogP contribution in [0.3, 0.4) is 0 Å². The average molecular weight is 356 g/mol. The van der Waals surface area contributed by atoms with E-state index in [2.05, 4.69) is 26.6 Å². The Kier molecular flexibility index (Phi) is 5.00. The first-order valence-corrected chi connectivity index (χ1v) is 6.99. The summed E-state index contributed by atoms with van der Waals surface area (Å²) in [7, 11) is 0. The summed E-state index contributed by atoms with van der Waals surface area (Å²) in [5.41, 5.74) is 1.62. The molecular formula is C14H12BrClN2O2. The molecule has 2 aromatic carbocycles. The first-order valence-electron chi connectivity index (χ1n) is 5.82. The Morgan fingerprint density at radius 2 is 1.95 bits per heavy atom. The van der Waals surface area contributed by atoms with Gasteiger partial charge in [0.2, 0.25) is 0 Å². The van der Waals surface area contributed by atoms with Crippen LogP contribution in [0.1, 0.15) is 5.56 Å². The average Bonchev–Trinajstić information content (AvgIpc) is 2.38. The van der Waals surface area contributed by atoms with Gasteiger partial charge in [-0.15, -0.1) is 0 Å². The number of anilines is 2. The van der Waals surface area contributed by atoms with Crippen molar-refractivity contribution in [1.29, 1.82) is 0 Å². The Morgan fingerprint density at radius 3 is 2.65 bits per heavy atom. The number of carbonyl (C=O) groups excluding carboxylic acids is 1. The summed E-state index contributed by atoms with van der Waals surface area (Å²) in [5, 5.41) is 15.0. The van der Waals surface area contributed by atoms with E-state index < -0.39 is 6.03 Å². The third-order valence-electron chi connectivity index (χ3n) is 2.61. The number of hydrogen-bond acceptors (Lipinski definition) is 2. The summed E-state index contributed by atoms with van der Waals surface area (Å²) in [6.07, 6.45) is 0. The van der Waals surface area contributed by atoms with Crippen molar-refractivity contribution in [2.45, 2.75) is 6.61 Å². The van der Waals surface area contributed by atoms with Crippen LogP contribution in [-0.2, 0) is 6.61 Å². The van der Waals surface area contributed by atoms with Crippen LogP contribution in [0.5, 0.6) is 0 Å². The summed E-state index contributed by atoms with van der Waals surface area (Å²) in [6, 6.07) is 11.9. The summed E-state index contributed by atoms with van der Waals surface area (Å²) in [4.78, 5) is 11.9. The van der Waals surface area contributed by atoms with Crippen molar-refractivity contribution in [3.05, 3.63) is 57.5 Å². The van der Waals surface area contributed by atoms with E-state index in [4.69, 9.17) is 11.6 Å². The van der Waals surface area contributed by atoms with Crippen molar-refractivity contribution in [2.75, 3.05) is 10.6 Å². The Hall–Kier alpha value is -1.56. The van der Waals surface area contributed by atoms with E-state index in [0.29, 0.717) is 22.0 Å². The summed E-state index contributed by atoms with van der Waals surface area (Å²) >= 11 is 9.29. The number of nitrogens with one attached hydrogen (secondary N) is 2. The molecule has 0 atom stereocenters. The highest BCUT2D eigenvalue weighted by Crippen LogP contribution is 2.24. The van der Waals surface area contributed by atoms with Gasteiger partial charge in [0.25, 0.3) is 0 Å². The van der Waals surface area contributed by atoms with Gasteiger partial charge in [-0.2, -0.15) is 0 Å². The van der Waals surface area contributed by atoms with E-state index in [1.807, 2.05) is 12.1 Å². The van der Waals surface area contributed by atoms with Gasteiger partial charge in [0, 0.05) is 26.4 Å². The maximum Gasteiger partial charge on any atom is 0.323 e. The molecule has 0 aliphatic rings. The van der Waals surface area contributed by atoms with Crippen LogP contribution in [-0.4, -0.2) is 11.1 Å². The highest BCUT2D eigenvalue weighted by atomic mass is 79.9. The molecule has 0 unspecified atom stereocenters. The minimum absolute atomic E-state index is 0.244. The molecule has 2 rings (SSSR count). The van der Waals surface area contributed by atoms with Crippen molar-refractivity contribution in [1.82, 2.24) is 0 Å². The van der Waals surface area contributed by atoms with Crippen LogP contribution in [0.15, 0.2) is 46.9 Å². The van der Waals surface area contributed by atoms with Gasteiger partial charge in [0.05, 0.1) is 6.61 Å². The topological polar surface area (TPSA) is 61.4 Å². The molecule has 0 fully saturated rings. The molecule has 0 radical (unpaired) electrons. The number of carbonyl (C=O) groups is 1. The van der Waals surface area contributed by atoms with Crippen LogP contribution in [0.25, 0.3) is 0 Å². The second kappa shape index (κ2) is 6.74. The zero-order chi connectivity index (χ0) is 14.5. The number of rotatable bonds is 3. The van der Waals surface area contributed by atoms with Gasteiger partial charge in [-0.3, -0.25) is 0 Å². The molecule has 0 heterocycles. The van der Waals surface area contributed by atoms with Crippen LogP contribution in [0, 0.1) is 0 Å². The van der Waals surface area contributed by atoms with Gasteiger partial charge in [-0.1, -0.05) is 39.7 Å². The van der Waals surface area contributed by atoms with Gasteiger partial charge in [0.15, 0.2) is 0 Å². The Bertz CT molecular complexity index is 634. The molecule has 3 N–H and O–H groups in total. The van der Waals surface area contributed by atoms with E-state index in [0.717, 1.165) is 4.47 Å².